The predicted octanol–water partition coefficient (Wildman–Crippen LogP) is 3.67. The first-order valence-corrected chi connectivity index (χ1v) is 8.57. The van der Waals surface area contributed by atoms with E-state index in [2.05, 4.69) is 0 Å². The van der Waals surface area contributed by atoms with Gasteiger partial charge in [0.15, 0.2) is 0 Å². The Morgan fingerprint density at radius 3 is 2.64 bits per heavy atom. The summed E-state index contributed by atoms with van der Waals surface area (Å²) in [6.07, 6.45) is 4.10. The van der Waals surface area contributed by atoms with Gasteiger partial charge in [-0.3, -0.25) is 9.59 Å². The van der Waals surface area contributed by atoms with Crippen molar-refractivity contribution >= 4 is 28.9 Å². The fourth-order valence-corrected chi connectivity index (χ4v) is 2.80. The Balaban J connectivity index is 2.20. The zero-order chi connectivity index (χ0) is 18.4. The van der Waals surface area contributed by atoms with Gasteiger partial charge in [-0.2, -0.15) is 0 Å². The third-order valence-corrected chi connectivity index (χ3v) is 4.22. The summed E-state index contributed by atoms with van der Waals surface area (Å²) in [5, 5.41) is 0.995. The second-order valence-electron chi connectivity index (χ2n) is 5.92. The van der Waals surface area contributed by atoms with Crippen LogP contribution in [0, 0.1) is 5.92 Å². The molecular formula is C20H25NO4. The highest BCUT2D eigenvalue weighted by Gasteiger charge is 2.19. The Morgan fingerprint density at radius 1 is 1.28 bits per heavy atom. The van der Waals surface area contributed by atoms with Gasteiger partial charge in [0.2, 0.25) is 5.91 Å². The molecule has 0 aliphatic rings. The maximum atomic E-state index is 12.5. The number of rotatable bonds is 7. The molecule has 0 radical (unpaired) electrons. The number of likely N-dealkylation sites (N-methyl/N-ethyl adjacent to an activating group) is 1. The highest BCUT2D eigenvalue weighted by Crippen LogP contribution is 2.27. The van der Waals surface area contributed by atoms with Gasteiger partial charge in [-0.15, -0.1) is 0 Å². The van der Waals surface area contributed by atoms with Gasteiger partial charge in [0.05, 0.1) is 13.0 Å². The van der Waals surface area contributed by atoms with E-state index in [9.17, 15) is 9.59 Å². The molecule has 2 rings (SSSR count). The lowest BCUT2D eigenvalue weighted by molar-refractivity contribution is -0.146. The zero-order valence-electron chi connectivity index (χ0n) is 15.2. The van der Waals surface area contributed by atoms with Crippen molar-refractivity contribution < 1.29 is 18.7 Å². The lowest BCUT2D eigenvalue weighted by Crippen LogP contribution is -2.36. The van der Waals surface area contributed by atoms with Crippen molar-refractivity contribution in [3.8, 4) is 0 Å². The number of esters is 1. The van der Waals surface area contributed by atoms with Crippen LogP contribution in [0.2, 0.25) is 0 Å². The van der Waals surface area contributed by atoms with Crippen LogP contribution in [0.1, 0.15) is 32.1 Å². The minimum absolute atomic E-state index is 0.134. The Kier molecular flexibility index (Phi) is 6.39. The molecule has 0 N–H and O–H groups in total. The smallest absolute Gasteiger partial charge is 0.310 e. The number of hydrogen-bond donors (Lipinski definition) is 0. The van der Waals surface area contributed by atoms with Gasteiger partial charge in [0.1, 0.15) is 11.3 Å². The third-order valence-electron chi connectivity index (χ3n) is 4.22. The van der Waals surface area contributed by atoms with Crippen LogP contribution >= 0.6 is 0 Å². The van der Waals surface area contributed by atoms with Gasteiger partial charge >= 0.3 is 5.97 Å². The SMILES string of the molecule is CCc1oc2ccccc2c1/C=C/C(=O)N(CC)CC(C)C(=O)OC. The summed E-state index contributed by atoms with van der Waals surface area (Å²) in [6, 6.07) is 7.78. The van der Waals surface area contributed by atoms with Crippen molar-refractivity contribution in [1.82, 2.24) is 4.90 Å². The van der Waals surface area contributed by atoms with E-state index < -0.39 is 0 Å². The molecule has 1 unspecified atom stereocenters. The van der Waals surface area contributed by atoms with Crippen LogP contribution in [0.3, 0.4) is 0 Å². The van der Waals surface area contributed by atoms with E-state index in [0.29, 0.717) is 13.1 Å². The molecule has 5 nitrogen and oxygen atoms in total. The summed E-state index contributed by atoms with van der Waals surface area (Å²) in [6.45, 7) is 6.52. The molecule has 0 bridgehead atoms. The summed E-state index contributed by atoms with van der Waals surface area (Å²) in [4.78, 5) is 25.7. The first-order chi connectivity index (χ1) is 12.0. The van der Waals surface area contributed by atoms with E-state index in [1.54, 1.807) is 24.0 Å². The zero-order valence-corrected chi connectivity index (χ0v) is 15.2. The molecule has 0 aliphatic carbocycles. The molecule has 2 aromatic rings. The maximum absolute atomic E-state index is 12.5. The van der Waals surface area contributed by atoms with Crippen LogP contribution < -0.4 is 0 Å². The minimum Gasteiger partial charge on any atom is -0.469 e. The molecule has 1 aromatic heterocycles. The Bertz CT molecular complexity index is 775. The van der Waals surface area contributed by atoms with E-state index in [4.69, 9.17) is 9.15 Å². The van der Waals surface area contributed by atoms with Gasteiger partial charge in [-0.05, 0) is 19.1 Å². The molecule has 5 heteroatoms. The van der Waals surface area contributed by atoms with Crippen LogP contribution in [-0.4, -0.2) is 37.0 Å². The van der Waals surface area contributed by atoms with Crippen LogP contribution in [0.15, 0.2) is 34.8 Å². The predicted molar refractivity (Wildman–Crippen MR) is 98.1 cm³/mol. The molecule has 1 atom stereocenters. The van der Waals surface area contributed by atoms with Gasteiger partial charge in [-0.25, -0.2) is 0 Å². The Morgan fingerprint density at radius 2 is 2.00 bits per heavy atom. The Hall–Kier alpha value is -2.56. The van der Waals surface area contributed by atoms with Crippen molar-refractivity contribution in [2.75, 3.05) is 20.2 Å². The average Bonchev–Trinajstić information content (AvgIpc) is 3.00. The van der Waals surface area contributed by atoms with Crippen LogP contribution in [0.4, 0.5) is 0 Å². The molecule has 0 fully saturated rings. The number of ether oxygens (including phenoxy) is 1. The van der Waals surface area contributed by atoms with Crippen LogP contribution in [0.5, 0.6) is 0 Å². The van der Waals surface area contributed by atoms with Gasteiger partial charge in [0.25, 0.3) is 0 Å². The fraction of sp³-hybridized carbons (Fsp3) is 0.400. The topological polar surface area (TPSA) is 59.8 Å². The highest BCUT2D eigenvalue weighted by atomic mass is 16.5. The summed E-state index contributed by atoms with van der Waals surface area (Å²) in [7, 11) is 1.35. The number of carbonyl (C=O) groups excluding carboxylic acids is 2. The summed E-state index contributed by atoms with van der Waals surface area (Å²) >= 11 is 0. The normalized spacial score (nSPS) is 12.5. The van der Waals surface area contributed by atoms with Gasteiger partial charge < -0.3 is 14.1 Å². The average molecular weight is 343 g/mol. The third kappa shape index (κ3) is 4.29. The number of furan rings is 1. The molecule has 134 valence electrons. The van der Waals surface area contributed by atoms with E-state index in [1.165, 1.54) is 7.11 Å². The highest BCUT2D eigenvalue weighted by molar-refractivity contribution is 5.96. The number of para-hydroxylation sites is 1. The van der Waals surface area contributed by atoms with Gasteiger partial charge in [0, 0.05) is 36.5 Å². The summed E-state index contributed by atoms with van der Waals surface area (Å²) in [5.74, 6) is 0.0504. The molecule has 1 amide bonds. The summed E-state index contributed by atoms with van der Waals surface area (Å²) < 4.78 is 10.6. The number of fused-ring (bicyclic) bond motifs is 1. The van der Waals surface area contributed by atoms with Crippen molar-refractivity contribution in [2.24, 2.45) is 5.92 Å². The number of aryl methyl sites for hydroxylation is 1. The van der Waals surface area contributed by atoms with E-state index in [-0.39, 0.29) is 17.8 Å². The monoisotopic (exact) mass is 343 g/mol. The standard InChI is InChI=1S/C20H25NO4/c1-5-17-16(15-9-7-8-10-18(15)25-17)11-12-19(22)21(6-2)13-14(3)20(23)24-4/h7-12,14H,5-6,13H2,1-4H3/b12-11+. The second-order valence-corrected chi connectivity index (χ2v) is 5.92. The molecule has 0 saturated heterocycles. The Labute approximate surface area is 148 Å². The maximum Gasteiger partial charge on any atom is 0.310 e. The molecular weight excluding hydrogens is 318 g/mol. The first kappa shape index (κ1) is 18.8. The van der Waals surface area contributed by atoms with Crippen molar-refractivity contribution in [3.63, 3.8) is 0 Å². The lowest BCUT2D eigenvalue weighted by Gasteiger charge is -2.22. The minimum atomic E-state index is -0.358. The molecule has 0 aliphatic heterocycles. The molecule has 0 spiro atoms. The van der Waals surface area contributed by atoms with E-state index in [0.717, 1.165) is 28.7 Å². The first-order valence-electron chi connectivity index (χ1n) is 8.57. The quantitative estimate of drug-likeness (QED) is 0.568. The number of methoxy groups -OCH3 is 1. The lowest BCUT2D eigenvalue weighted by atomic mass is 10.1. The van der Waals surface area contributed by atoms with Crippen LogP contribution in [0.25, 0.3) is 17.0 Å². The largest absolute Gasteiger partial charge is 0.469 e. The summed E-state index contributed by atoms with van der Waals surface area (Å²) in [5.41, 5.74) is 1.75. The van der Waals surface area contributed by atoms with Crippen molar-refractivity contribution in [3.05, 3.63) is 41.7 Å². The van der Waals surface area contributed by atoms with Gasteiger partial charge in [-0.1, -0.05) is 32.0 Å². The molecule has 25 heavy (non-hydrogen) atoms. The number of amides is 1. The van der Waals surface area contributed by atoms with Crippen molar-refractivity contribution in [1.29, 1.82) is 0 Å². The second kappa shape index (κ2) is 8.51. The number of benzene rings is 1. The van der Waals surface area contributed by atoms with Crippen LogP contribution in [-0.2, 0) is 20.7 Å². The van der Waals surface area contributed by atoms with Crippen molar-refractivity contribution in [2.45, 2.75) is 27.2 Å². The molecule has 1 aromatic carbocycles. The fourth-order valence-electron chi connectivity index (χ4n) is 2.80. The number of carbonyl (C=O) groups is 2. The van der Waals surface area contributed by atoms with E-state index >= 15 is 0 Å². The van der Waals surface area contributed by atoms with E-state index in [1.807, 2.05) is 38.1 Å². The molecule has 0 saturated carbocycles. The number of nitrogens with zero attached hydrogens (tertiary/aromatic N) is 1. The number of hydrogen-bond acceptors (Lipinski definition) is 4. The molecule has 1 heterocycles.